The van der Waals surface area contributed by atoms with E-state index in [2.05, 4.69) is 25.2 Å². The first kappa shape index (κ1) is 15.7. The fourth-order valence-corrected chi connectivity index (χ4v) is 3.79. The van der Waals surface area contributed by atoms with Gasteiger partial charge in [-0.05, 0) is 41.9 Å². The van der Waals surface area contributed by atoms with Crippen LogP contribution in [0.3, 0.4) is 0 Å². The number of carbonyl (C=O) groups is 1. The van der Waals surface area contributed by atoms with Gasteiger partial charge in [-0.15, -0.1) is 0 Å². The van der Waals surface area contributed by atoms with Crippen LogP contribution in [0.2, 0.25) is 0 Å². The lowest BCUT2D eigenvalue weighted by molar-refractivity contribution is -0.116. The van der Waals surface area contributed by atoms with Crippen molar-refractivity contribution in [2.45, 2.75) is 6.42 Å². The third-order valence-electron chi connectivity index (χ3n) is 5.13. The lowest BCUT2D eigenvalue weighted by atomic mass is 10.2. The number of nitrogens with zero attached hydrogens (tertiary/aromatic N) is 4. The van der Waals surface area contributed by atoms with E-state index in [4.69, 9.17) is 0 Å². The number of anilines is 1. The molecule has 3 heterocycles. The second-order valence-electron chi connectivity index (χ2n) is 6.66. The number of hydrogen-bond acceptors (Lipinski definition) is 5. The van der Waals surface area contributed by atoms with Gasteiger partial charge in [0.1, 0.15) is 5.82 Å². The number of aromatic nitrogens is 3. The predicted molar refractivity (Wildman–Crippen MR) is 95.6 cm³/mol. The first-order chi connectivity index (χ1) is 12.3. The molecule has 3 atom stereocenters. The highest BCUT2D eigenvalue weighted by atomic mass is 16.1. The Morgan fingerprint density at radius 2 is 2.04 bits per heavy atom. The minimum Gasteiger partial charge on any atom is -0.355 e. The molecule has 0 spiro atoms. The van der Waals surface area contributed by atoms with Gasteiger partial charge in [-0.2, -0.15) is 0 Å². The Bertz CT molecular complexity index is 737. The molecule has 0 radical (unpaired) electrons. The minimum absolute atomic E-state index is 0.0455. The minimum atomic E-state index is -0.0455. The second-order valence-corrected chi connectivity index (χ2v) is 6.66. The highest BCUT2D eigenvalue weighted by molar-refractivity contribution is 5.91. The van der Waals surface area contributed by atoms with Crippen LogP contribution >= 0.6 is 0 Å². The summed E-state index contributed by atoms with van der Waals surface area (Å²) in [5.41, 5.74) is 0.929. The third kappa shape index (κ3) is 3.68. The average Bonchev–Trinajstić information content (AvgIpc) is 3.11. The van der Waals surface area contributed by atoms with Gasteiger partial charge in [0.15, 0.2) is 0 Å². The molecule has 1 aliphatic carbocycles. The average molecular weight is 335 g/mol. The van der Waals surface area contributed by atoms with Gasteiger partial charge >= 0.3 is 0 Å². The van der Waals surface area contributed by atoms with Crippen molar-refractivity contribution in [2.24, 2.45) is 17.8 Å². The van der Waals surface area contributed by atoms with Crippen molar-refractivity contribution in [3.05, 3.63) is 54.8 Å². The fraction of sp³-hybridized carbons (Fsp3) is 0.368. The van der Waals surface area contributed by atoms with E-state index in [1.54, 1.807) is 36.9 Å². The molecule has 2 aliphatic rings. The molecule has 2 fully saturated rings. The van der Waals surface area contributed by atoms with Gasteiger partial charge in [-0.25, -0.2) is 4.98 Å². The highest BCUT2D eigenvalue weighted by Crippen LogP contribution is 2.53. The van der Waals surface area contributed by atoms with Crippen molar-refractivity contribution in [3.8, 4) is 0 Å². The first-order valence-electron chi connectivity index (χ1n) is 8.68. The van der Waals surface area contributed by atoms with E-state index in [-0.39, 0.29) is 5.91 Å². The second kappa shape index (κ2) is 7.01. The molecule has 1 saturated carbocycles. The molecule has 1 amide bonds. The Hall–Kier alpha value is -2.76. The van der Waals surface area contributed by atoms with Crippen molar-refractivity contribution >= 4 is 17.8 Å². The Labute approximate surface area is 147 Å². The number of amides is 1. The van der Waals surface area contributed by atoms with Gasteiger partial charge in [0.2, 0.25) is 5.91 Å². The molecule has 1 saturated heterocycles. The Balaban J connectivity index is 1.17. The lowest BCUT2D eigenvalue weighted by Crippen LogP contribution is -2.27. The van der Waals surface area contributed by atoms with Crippen LogP contribution in [0.5, 0.6) is 0 Å². The van der Waals surface area contributed by atoms with Crippen molar-refractivity contribution in [3.63, 3.8) is 0 Å². The standard InChI is InChI=1S/C19H21N5O/c25-19(4-3-14-2-1-6-20-10-14)23-7-5-15-16-12-24(13-17(15)16)18-11-21-8-9-22-18/h1-4,6,8-11,15-17H,5,7,12-13H2,(H,23,25)/b4-3+/t15-,16-,17+. The zero-order chi connectivity index (χ0) is 17.1. The molecule has 25 heavy (non-hydrogen) atoms. The molecule has 4 rings (SSSR count). The lowest BCUT2D eigenvalue weighted by Gasteiger charge is -2.20. The van der Waals surface area contributed by atoms with Crippen LogP contribution in [0.4, 0.5) is 5.82 Å². The van der Waals surface area contributed by atoms with Crippen molar-refractivity contribution in [1.82, 2.24) is 20.3 Å². The molecule has 6 nitrogen and oxygen atoms in total. The van der Waals surface area contributed by atoms with E-state index in [1.807, 2.05) is 18.3 Å². The van der Waals surface area contributed by atoms with Crippen LogP contribution < -0.4 is 10.2 Å². The molecule has 1 aliphatic heterocycles. The molecule has 2 aromatic heterocycles. The monoisotopic (exact) mass is 335 g/mol. The van der Waals surface area contributed by atoms with Crippen LogP contribution in [0.25, 0.3) is 6.08 Å². The quantitative estimate of drug-likeness (QED) is 0.815. The van der Waals surface area contributed by atoms with Gasteiger partial charge in [0, 0.05) is 50.5 Å². The number of pyridine rings is 1. The van der Waals surface area contributed by atoms with Gasteiger partial charge in [0.05, 0.1) is 6.20 Å². The normalized spacial score (nSPS) is 24.3. The fourth-order valence-electron chi connectivity index (χ4n) is 3.79. The molecular weight excluding hydrogens is 314 g/mol. The Morgan fingerprint density at radius 3 is 2.76 bits per heavy atom. The van der Waals surface area contributed by atoms with Crippen molar-refractivity contribution < 1.29 is 4.79 Å². The zero-order valence-electron chi connectivity index (χ0n) is 14.0. The predicted octanol–water partition coefficient (Wildman–Crippen LogP) is 1.77. The first-order valence-corrected chi connectivity index (χ1v) is 8.68. The largest absolute Gasteiger partial charge is 0.355 e. The van der Waals surface area contributed by atoms with E-state index in [0.717, 1.165) is 55.2 Å². The summed E-state index contributed by atoms with van der Waals surface area (Å²) in [6.45, 7) is 2.85. The van der Waals surface area contributed by atoms with Crippen molar-refractivity contribution in [1.29, 1.82) is 0 Å². The smallest absolute Gasteiger partial charge is 0.244 e. The van der Waals surface area contributed by atoms with E-state index in [9.17, 15) is 4.79 Å². The summed E-state index contributed by atoms with van der Waals surface area (Å²) in [5, 5.41) is 2.97. The van der Waals surface area contributed by atoms with Gasteiger partial charge in [0.25, 0.3) is 0 Å². The van der Waals surface area contributed by atoms with Gasteiger partial charge in [-0.3, -0.25) is 14.8 Å². The molecule has 1 N–H and O–H groups in total. The molecular formula is C19H21N5O. The number of fused-ring (bicyclic) bond motifs is 1. The maximum absolute atomic E-state index is 11.9. The summed E-state index contributed by atoms with van der Waals surface area (Å²) >= 11 is 0. The zero-order valence-corrected chi connectivity index (χ0v) is 14.0. The summed E-state index contributed by atoms with van der Waals surface area (Å²) in [6.07, 6.45) is 13.1. The van der Waals surface area contributed by atoms with Crippen LogP contribution in [-0.2, 0) is 4.79 Å². The van der Waals surface area contributed by atoms with Crippen LogP contribution in [0.15, 0.2) is 49.2 Å². The summed E-state index contributed by atoms with van der Waals surface area (Å²) in [5.74, 6) is 3.14. The number of hydrogen-bond donors (Lipinski definition) is 1. The van der Waals surface area contributed by atoms with E-state index in [0.29, 0.717) is 0 Å². The third-order valence-corrected chi connectivity index (χ3v) is 5.13. The van der Waals surface area contributed by atoms with Crippen molar-refractivity contribution in [2.75, 3.05) is 24.5 Å². The number of rotatable bonds is 6. The number of carbonyl (C=O) groups excluding carboxylic acids is 1. The Morgan fingerprint density at radius 1 is 1.20 bits per heavy atom. The maximum Gasteiger partial charge on any atom is 0.244 e. The van der Waals surface area contributed by atoms with Gasteiger partial charge < -0.3 is 10.2 Å². The van der Waals surface area contributed by atoms with Crippen LogP contribution in [0.1, 0.15) is 12.0 Å². The number of nitrogens with one attached hydrogen (secondary N) is 1. The summed E-state index contributed by atoms with van der Waals surface area (Å²) in [4.78, 5) is 26.7. The van der Waals surface area contributed by atoms with Crippen LogP contribution in [-0.4, -0.2) is 40.5 Å². The Kier molecular flexibility index (Phi) is 4.41. The highest BCUT2D eigenvalue weighted by Gasteiger charge is 2.55. The molecule has 0 bridgehead atoms. The molecule has 6 heteroatoms. The SMILES string of the molecule is O=C(/C=C/c1cccnc1)NCC[C@@H]1[C@H]2CN(c3cnccn3)C[C@@H]12. The molecule has 0 unspecified atom stereocenters. The topological polar surface area (TPSA) is 71.0 Å². The summed E-state index contributed by atoms with van der Waals surface area (Å²) in [6, 6.07) is 3.78. The van der Waals surface area contributed by atoms with Gasteiger partial charge in [-0.1, -0.05) is 6.07 Å². The summed E-state index contributed by atoms with van der Waals surface area (Å²) < 4.78 is 0. The van der Waals surface area contributed by atoms with E-state index < -0.39 is 0 Å². The number of piperidine rings is 1. The van der Waals surface area contributed by atoms with E-state index in [1.165, 1.54) is 0 Å². The molecule has 0 aromatic carbocycles. The maximum atomic E-state index is 11.9. The molecule has 128 valence electrons. The van der Waals surface area contributed by atoms with Crippen LogP contribution in [0, 0.1) is 17.8 Å². The summed E-state index contributed by atoms with van der Waals surface area (Å²) in [7, 11) is 0. The molecule has 2 aromatic rings. The van der Waals surface area contributed by atoms with E-state index >= 15 is 0 Å².